The molecule has 2 aromatic carbocycles. The molecule has 0 aliphatic carbocycles. The van der Waals surface area contributed by atoms with Gasteiger partial charge in [-0.2, -0.15) is 0 Å². The van der Waals surface area contributed by atoms with Gasteiger partial charge in [-0.05, 0) is 30.3 Å². The number of hydrogen-bond donors (Lipinski definition) is 1. The standard InChI is InChI=1S/C16H9Br2FN2OS/c17-11-3-1-2-9(4-11)14-8-23-16(20-14)21-15(22)10-5-12(18)7-13(19)6-10/h1-8H,(H,20,21,22). The van der Waals surface area contributed by atoms with E-state index in [-0.39, 0.29) is 5.56 Å². The minimum Gasteiger partial charge on any atom is -0.298 e. The van der Waals surface area contributed by atoms with Gasteiger partial charge in [0, 0.05) is 25.5 Å². The van der Waals surface area contributed by atoms with Crippen molar-refractivity contribution in [1.29, 1.82) is 0 Å². The third-order valence-electron chi connectivity index (χ3n) is 2.97. The summed E-state index contributed by atoms with van der Waals surface area (Å²) in [5, 5.41) is 5.01. The number of hydrogen-bond acceptors (Lipinski definition) is 3. The molecule has 3 aromatic rings. The van der Waals surface area contributed by atoms with Gasteiger partial charge in [-0.15, -0.1) is 11.3 Å². The highest BCUT2D eigenvalue weighted by molar-refractivity contribution is 9.10. The number of benzene rings is 2. The molecular formula is C16H9Br2FN2OS. The van der Waals surface area contributed by atoms with Crippen LogP contribution in [0.4, 0.5) is 9.52 Å². The van der Waals surface area contributed by atoms with Gasteiger partial charge in [0.05, 0.1) is 5.69 Å². The van der Waals surface area contributed by atoms with Gasteiger partial charge in [0.15, 0.2) is 5.13 Å². The molecule has 116 valence electrons. The minimum atomic E-state index is -0.474. The summed E-state index contributed by atoms with van der Waals surface area (Å²) >= 11 is 7.91. The molecule has 1 amide bonds. The van der Waals surface area contributed by atoms with Crippen molar-refractivity contribution in [3.05, 3.63) is 68.2 Å². The molecule has 0 unspecified atom stereocenters. The fourth-order valence-corrected chi connectivity index (χ4v) is 3.55. The molecule has 0 spiro atoms. The summed E-state index contributed by atoms with van der Waals surface area (Å²) in [5.74, 6) is -0.876. The monoisotopic (exact) mass is 454 g/mol. The third-order valence-corrected chi connectivity index (χ3v) is 4.68. The minimum absolute atomic E-state index is 0.232. The number of aromatic nitrogens is 1. The zero-order valence-corrected chi connectivity index (χ0v) is 15.5. The summed E-state index contributed by atoms with van der Waals surface area (Å²) in [6.07, 6.45) is 0. The predicted octanol–water partition coefficient (Wildman–Crippen LogP) is 5.73. The van der Waals surface area contributed by atoms with E-state index >= 15 is 0 Å². The second kappa shape index (κ2) is 6.90. The Morgan fingerprint density at radius 2 is 1.96 bits per heavy atom. The van der Waals surface area contributed by atoms with Gasteiger partial charge in [0.25, 0.3) is 5.91 Å². The molecule has 1 aromatic heterocycles. The third kappa shape index (κ3) is 4.04. The molecule has 1 N–H and O–H groups in total. The maximum atomic E-state index is 13.4. The molecule has 1 heterocycles. The highest BCUT2D eigenvalue weighted by atomic mass is 79.9. The highest BCUT2D eigenvalue weighted by Crippen LogP contribution is 2.27. The van der Waals surface area contributed by atoms with Crippen LogP contribution in [-0.2, 0) is 0 Å². The largest absolute Gasteiger partial charge is 0.298 e. The van der Waals surface area contributed by atoms with Crippen molar-refractivity contribution < 1.29 is 9.18 Å². The Balaban J connectivity index is 1.80. The summed E-state index contributed by atoms with van der Waals surface area (Å²) in [4.78, 5) is 16.6. The molecule has 0 radical (unpaired) electrons. The first kappa shape index (κ1) is 16.3. The van der Waals surface area contributed by atoms with E-state index in [2.05, 4.69) is 42.2 Å². The lowest BCUT2D eigenvalue weighted by molar-refractivity contribution is 0.102. The van der Waals surface area contributed by atoms with Crippen molar-refractivity contribution in [3.63, 3.8) is 0 Å². The van der Waals surface area contributed by atoms with Gasteiger partial charge in [-0.1, -0.05) is 44.0 Å². The first-order valence-corrected chi connectivity index (χ1v) is 8.97. The van der Waals surface area contributed by atoms with E-state index in [0.717, 1.165) is 15.7 Å². The number of halogens is 3. The van der Waals surface area contributed by atoms with Crippen LogP contribution in [0.2, 0.25) is 0 Å². The molecule has 0 saturated heterocycles. The Labute approximate surface area is 152 Å². The normalized spacial score (nSPS) is 10.6. The summed E-state index contributed by atoms with van der Waals surface area (Å²) in [6, 6.07) is 11.8. The van der Waals surface area contributed by atoms with Crippen molar-refractivity contribution in [1.82, 2.24) is 4.98 Å². The topological polar surface area (TPSA) is 42.0 Å². The summed E-state index contributed by atoms with van der Waals surface area (Å²) in [7, 11) is 0. The van der Waals surface area contributed by atoms with Gasteiger partial charge in [-0.3, -0.25) is 10.1 Å². The number of anilines is 1. The van der Waals surface area contributed by atoms with Gasteiger partial charge in [-0.25, -0.2) is 9.37 Å². The van der Waals surface area contributed by atoms with Gasteiger partial charge < -0.3 is 0 Å². The van der Waals surface area contributed by atoms with Crippen molar-refractivity contribution in [2.24, 2.45) is 0 Å². The number of carbonyl (C=O) groups excluding carboxylic acids is 1. The maximum absolute atomic E-state index is 13.4. The smallest absolute Gasteiger partial charge is 0.257 e. The highest BCUT2D eigenvalue weighted by Gasteiger charge is 2.12. The van der Waals surface area contributed by atoms with Gasteiger partial charge in [0.2, 0.25) is 0 Å². The molecule has 3 nitrogen and oxygen atoms in total. The second-order valence-corrected chi connectivity index (χ2v) is 7.35. The molecular weight excluding hydrogens is 447 g/mol. The summed E-state index contributed by atoms with van der Waals surface area (Å²) in [6.45, 7) is 0. The average Bonchev–Trinajstić information content (AvgIpc) is 2.95. The van der Waals surface area contributed by atoms with Crippen LogP contribution in [0, 0.1) is 5.82 Å². The molecule has 0 fully saturated rings. The molecule has 23 heavy (non-hydrogen) atoms. The van der Waals surface area contributed by atoms with E-state index in [1.54, 1.807) is 6.07 Å². The Morgan fingerprint density at radius 1 is 1.13 bits per heavy atom. The summed E-state index contributed by atoms with van der Waals surface area (Å²) < 4.78 is 14.8. The fourth-order valence-electron chi connectivity index (χ4n) is 1.97. The van der Waals surface area contributed by atoms with Crippen molar-refractivity contribution in [3.8, 4) is 11.3 Å². The summed E-state index contributed by atoms with van der Waals surface area (Å²) in [5.41, 5.74) is 1.95. The van der Waals surface area contributed by atoms with Crippen LogP contribution >= 0.6 is 43.2 Å². The molecule has 0 aliphatic rings. The number of thiazole rings is 1. The van der Waals surface area contributed by atoms with Crippen molar-refractivity contribution >= 4 is 54.2 Å². The zero-order chi connectivity index (χ0) is 16.4. The molecule has 0 aliphatic heterocycles. The van der Waals surface area contributed by atoms with Crippen molar-refractivity contribution in [2.75, 3.05) is 5.32 Å². The number of amides is 1. The van der Waals surface area contributed by atoms with Crippen molar-refractivity contribution in [2.45, 2.75) is 0 Å². The van der Waals surface area contributed by atoms with E-state index in [1.807, 2.05) is 29.6 Å². The number of rotatable bonds is 3. The number of nitrogens with zero attached hydrogens (tertiary/aromatic N) is 1. The van der Waals surface area contributed by atoms with E-state index in [0.29, 0.717) is 9.60 Å². The lowest BCUT2D eigenvalue weighted by atomic mass is 10.2. The zero-order valence-electron chi connectivity index (χ0n) is 11.5. The van der Waals surface area contributed by atoms with Crippen LogP contribution in [0.25, 0.3) is 11.3 Å². The number of carbonyl (C=O) groups is 1. The van der Waals surface area contributed by atoms with Crippen LogP contribution in [0.5, 0.6) is 0 Å². The van der Waals surface area contributed by atoms with Crippen LogP contribution < -0.4 is 5.32 Å². The lowest BCUT2D eigenvalue weighted by Crippen LogP contribution is -2.12. The maximum Gasteiger partial charge on any atom is 0.257 e. The van der Waals surface area contributed by atoms with E-state index in [1.165, 1.54) is 23.5 Å². The molecule has 3 rings (SSSR count). The quantitative estimate of drug-likeness (QED) is 0.548. The van der Waals surface area contributed by atoms with E-state index in [4.69, 9.17) is 0 Å². The van der Waals surface area contributed by atoms with E-state index < -0.39 is 11.7 Å². The van der Waals surface area contributed by atoms with Crippen LogP contribution in [0.3, 0.4) is 0 Å². The Morgan fingerprint density at radius 3 is 2.70 bits per heavy atom. The van der Waals surface area contributed by atoms with Gasteiger partial charge >= 0.3 is 0 Å². The van der Waals surface area contributed by atoms with Crippen LogP contribution in [0.15, 0.2) is 56.8 Å². The fraction of sp³-hybridized carbons (Fsp3) is 0. The molecule has 0 bridgehead atoms. The SMILES string of the molecule is O=C(Nc1nc(-c2cccc(Br)c2)cs1)c1cc(F)cc(Br)c1. The first-order chi connectivity index (χ1) is 11.0. The predicted molar refractivity (Wildman–Crippen MR) is 97.3 cm³/mol. The van der Waals surface area contributed by atoms with Gasteiger partial charge in [0.1, 0.15) is 5.82 Å². The second-order valence-electron chi connectivity index (χ2n) is 4.66. The molecule has 0 saturated carbocycles. The average molecular weight is 456 g/mol. The van der Waals surface area contributed by atoms with Crippen LogP contribution in [-0.4, -0.2) is 10.9 Å². The molecule has 7 heteroatoms. The Hall–Kier alpha value is -1.57. The number of nitrogens with one attached hydrogen (secondary N) is 1. The Bertz CT molecular complexity index is 862. The first-order valence-electron chi connectivity index (χ1n) is 6.50. The lowest BCUT2D eigenvalue weighted by Gasteiger charge is -2.03. The van der Waals surface area contributed by atoms with Crippen LogP contribution in [0.1, 0.15) is 10.4 Å². The van der Waals surface area contributed by atoms with E-state index in [9.17, 15) is 9.18 Å². The Kier molecular flexibility index (Phi) is 4.89. The molecule has 0 atom stereocenters.